The number of benzene rings is 4. The van der Waals surface area contributed by atoms with E-state index in [4.69, 9.17) is 9.31 Å². The van der Waals surface area contributed by atoms with Crippen LogP contribution in [-0.2, 0) is 9.31 Å². The van der Waals surface area contributed by atoms with Crippen molar-refractivity contribution in [1.82, 2.24) is 0 Å². The van der Waals surface area contributed by atoms with Gasteiger partial charge in [-0.05, 0) is 72.6 Å². The molecule has 0 bridgehead atoms. The standard InChI is InChI=1S/C28H25BO2S/c1-27(2)28(3,4)31-29(30-27)23-17-20-16-19(18-10-6-5-7-11-18)14-15-21(20)26-25(23)22-12-8-9-13-24(22)32-26/h5-17H,1-4H3. The van der Waals surface area contributed by atoms with Crippen LogP contribution in [0.15, 0.2) is 78.9 Å². The molecule has 0 spiro atoms. The van der Waals surface area contributed by atoms with Gasteiger partial charge < -0.3 is 9.31 Å². The zero-order chi connectivity index (χ0) is 22.1. The van der Waals surface area contributed by atoms with Crippen LogP contribution in [0.3, 0.4) is 0 Å². The molecular formula is C28H25BO2S. The van der Waals surface area contributed by atoms with E-state index in [9.17, 15) is 0 Å². The van der Waals surface area contributed by atoms with Crippen molar-refractivity contribution in [1.29, 1.82) is 0 Å². The van der Waals surface area contributed by atoms with Gasteiger partial charge in [0.15, 0.2) is 0 Å². The van der Waals surface area contributed by atoms with Crippen LogP contribution in [0.1, 0.15) is 27.7 Å². The molecule has 2 heterocycles. The van der Waals surface area contributed by atoms with Crippen molar-refractivity contribution in [3.63, 3.8) is 0 Å². The first-order chi connectivity index (χ1) is 15.3. The Morgan fingerprint density at radius 3 is 2.12 bits per heavy atom. The Labute approximate surface area is 192 Å². The third kappa shape index (κ3) is 2.94. The second kappa shape index (κ2) is 6.92. The molecule has 0 aliphatic carbocycles. The molecule has 2 nitrogen and oxygen atoms in total. The lowest BCUT2D eigenvalue weighted by atomic mass is 9.75. The van der Waals surface area contributed by atoms with Crippen molar-refractivity contribution in [3.8, 4) is 11.1 Å². The van der Waals surface area contributed by atoms with Gasteiger partial charge >= 0.3 is 7.12 Å². The fourth-order valence-electron chi connectivity index (χ4n) is 4.62. The van der Waals surface area contributed by atoms with Gasteiger partial charge in [0.05, 0.1) is 11.2 Å². The average molecular weight is 436 g/mol. The topological polar surface area (TPSA) is 18.5 Å². The van der Waals surface area contributed by atoms with E-state index in [1.807, 2.05) is 11.3 Å². The maximum absolute atomic E-state index is 6.52. The molecule has 158 valence electrons. The van der Waals surface area contributed by atoms with Crippen LogP contribution in [0.25, 0.3) is 42.1 Å². The summed E-state index contributed by atoms with van der Waals surface area (Å²) in [6.45, 7) is 8.46. The fraction of sp³-hybridized carbons (Fsp3) is 0.214. The van der Waals surface area contributed by atoms with Crippen LogP contribution in [0.2, 0.25) is 0 Å². The summed E-state index contributed by atoms with van der Waals surface area (Å²) in [5.41, 5.74) is 2.81. The molecule has 4 aromatic carbocycles. The Morgan fingerprint density at radius 1 is 0.688 bits per heavy atom. The van der Waals surface area contributed by atoms with E-state index < -0.39 is 7.12 Å². The molecule has 0 N–H and O–H groups in total. The van der Waals surface area contributed by atoms with Crippen LogP contribution in [0, 0.1) is 0 Å². The van der Waals surface area contributed by atoms with Gasteiger partial charge in [0.2, 0.25) is 0 Å². The first-order valence-electron chi connectivity index (χ1n) is 11.1. The number of hydrogen-bond acceptors (Lipinski definition) is 3. The van der Waals surface area contributed by atoms with Crippen LogP contribution < -0.4 is 5.46 Å². The summed E-state index contributed by atoms with van der Waals surface area (Å²) in [5.74, 6) is 0. The van der Waals surface area contributed by atoms with Gasteiger partial charge in [-0.25, -0.2) is 0 Å². The number of hydrogen-bond donors (Lipinski definition) is 0. The maximum Gasteiger partial charge on any atom is 0.495 e. The van der Waals surface area contributed by atoms with E-state index in [1.165, 1.54) is 42.1 Å². The summed E-state index contributed by atoms with van der Waals surface area (Å²) in [5, 5.41) is 5.02. The van der Waals surface area contributed by atoms with Crippen molar-refractivity contribution in [2.45, 2.75) is 38.9 Å². The summed E-state index contributed by atoms with van der Waals surface area (Å²) >= 11 is 1.85. The Kier molecular flexibility index (Phi) is 4.32. The second-order valence-corrected chi connectivity index (χ2v) is 10.7. The van der Waals surface area contributed by atoms with Gasteiger partial charge in [-0.2, -0.15) is 0 Å². The number of rotatable bonds is 2. The lowest BCUT2D eigenvalue weighted by Gasteiger charge is -2.32. The minimum Gasteiger partial charge on any atom is -0.399 e. The zero-order valence-corrected chi connectivity index (χ0v) is 19.6. The molecule has 1 saturated heterocycles. The van der Waals surface area contributed by atoms with E-state index in [1.54, 1.807) is 0 Å². The highest BCUT2D eigenvalue weighted by atomic mass is 32.1. The summed E-state index contributed by atoms with van der Waals surface area (Å²) in [4.78, 5) is 0. The van der Waals surface area contributed by atoms with Crippen molar-refractivity contribution in [2.24, 2.45) is 0 Å². The van der Waals surface area contributed by atoms with Gasteiger partial charge in [0, 0.05) is 14.8 Å². The van der Waals surface area contributed by atoms with E-state index in [-0.39, 0.29) is 11.2 Å². The average Bonchev–Trinajstić information content (AvgIpc) is 3.27. The van der Waals surface area contributed by atoms with Crippen molar-refractivity contribution in [3.05, 3.63) is 78.9 Å². The van der Waals surface area contributed by atoms with Crippen molar-refractivity contribution in [2.75, 3.05) is 0 Å². The molecule has 1 fully saturated rings. The van der Waals surface area contributed by atoms with Crippen molar-refractivity contribution >= 4 is 54.9 Å². The SMILES string of the molecule is CC1(C)OB(c2cc3cc(-c4ccccc4)ccc3c3sc4ccccc4c23)OC1(C)C. The normalized spacial score (nSPS) is 17.6. The third-order valence-electron chi connectivity index (χ3n) is 7.11. The van der Waals surface area contributed by atoms with Crippen LogP contribution in [0.5, 0.6) is 0 Å². The summed E-state index contributed by atoms with van der Waals surface area (Å²) in [7, 11) is -0.398. The molecular weight excluding hydrogens is 411 g/mol. The van der Waals surface area contributed by atoms with Gasteiger partial charge in [0.25, 0.3) is 0 Å². The maximum atomic E-state index is 6.52. The van der Waals surface area contributed by atoms with Gasteiger partial charge in [-0.1, -0.05) is 66.7 Å². The molecule has 0 atom stereocenters. The molecule has 4 heteroatoms. The molecule has 5 aromatic rings. The smallest absolute Gasteiger partial charge is 0.399 e. The first-order valence-corrected chi connectivity index (χ1v) is 11.9. The number of thiophene rings is 1. The molecule has 0 amide bonds. The molecule has 0 radical (unpaired) electrons. The summed E-state index contributed by atoms with van der Waals surface area (Å²) in [6.07, 6.45) is 0. The molecule has 0 saturated carbocycles. The highest BCUT2D eigenvalue weighted by Gasteiger charge is 2.52. The fourth-order valence-corrected chi connectivity index (χ4v) is 5.89. The predicted octanol–water partition coefficient (Wildman–Crippen LogP) is 7.17. The first kappa shape index (κ1) is 20.0. The summed E-state index contributed by atoms with van der Waals surface area (Å²) in [6, 6.07) is 28.3. The molecule has 6 rings (SSSR count). The minimum absolute atomic E-state index is 0.378. The molecule has 32 heavy (non-hydrogen) atoms. The van der Waals surface area contributed by atoms with Crippen LogP contribution in [-0.4, -0.2) is 18.3 Å². The Balaban J connectivity index is 1.65. The molecule has 0 unspecified atom stereocenters. The largest absolute Gasteiger partial charge is 0.495 e. The number of fused-ring (bicyclic) bond motifs is 5. The van der Waals surface area contributed by atoms with E-state index in [2.05, 4.69) is 107 Å². The highest BCUT2D eigenvalue weighted by Crippen LogP contribution is 2.42. The van der Waals surface area contributed by atoms with Gasteiger partial charge in [0.1, 0.15) is 0 Å². The Hall–Kier alpha value is -2.66. The van der Waals surface area contributed by atoms with Crippen LogP contribution >= 0.6 is 11.3 Å². The predicted molar refractivity (Wildman–Crippen MR) is 138 cm³/mol. The van der Waals surface area contributed by atoms with Crippen molar-refractivity contribution < 1.29 is 9.31 Å². The van der Waals surface area contributed by atoms with E-state index >= 15 is 0 Å². The molecule has 1 aromatic heterocycles. The highest BCUT2D eigenvalue weighted by molar-refractivity contribution is 7.27. The third-order valence-corrected chi connectivity index (χ3v) is 8.31. The minimum atomic E-state index is -0.398. The Bertz CT molecular complexity index is 1470. The zero-order valence-electron chi connectivity index (χ0n) is 18.8. The molecule has 1 aliphatic rings. The lowest BCUT2D eigenvalue weighted by molar-refractivity contribution is 0.00578. The van der Waals surface area contributed by atoms with E-state index in [0.717, 1.165) is 5.46 Å². The monoisotopic (exact) mass is 436 g/mol. The Morgan fingerprint density at radius 2 is 1.38 bits per heavy atom. The molecule has 1 aliphatic heterocycles. The van der Waals surface area contributed by atoms with Gasteiger partial charge in [-0.3, -0.25) is 0 Å². The van der Waals surface area contributed by atoms with Gasteiger partial charge in [-0.15, -0.1) is 11.3 Å². The lowest BCUT2D eigenvalue weighted by Crippen LogP contribution is -2.41. The van der Waals surface area contributed by atoms with E-state index in [0.29, 0.717) is 0 Å². The quantitative estimate of drug-likeness (QED) is 0.273. The summed E-state index contributed by atoms with van der Waals surface area (Å²) < 4.78 is 15.6. The second-order valence-electron chi connectivity index (χ2n) is 9.66. The van der Waals surface area contributed by atoms with Crippen LogP contribution in [0.4, 0.5) is 0 Å².